The van der Waals surface area contributed by atoms with Gasteiger partial charge in [-0.1, -0.05) is 24.3 Å². The Bertz CT molecular complexity index is 1030. The molecule has 1 aromatic heterocycles. The molecule has 0 aliphatic carbocycles. The lowest BCUT2D eigenvalue weighted by Crippen LogP contribution is -2.51. The van der Waals surface area contributed by atoms with Crippen molar-refractivity contribution < 1.29 is 9.18 Å². The molecule has 1 fully saturated rings. The summed E-state index contributed by atoms with van der Waals surface area (Å²) in [5, 5.41) is 0.740. The highest BCUT2D eigenvalue weighted by Gasteiger charge is 2.30. The van der Waals surface area contributed by atoms with Gasteiger partial charge in [0.05, 0.1) is 0 Å². The SMILES string of the molecule is O=C(c1cc2cc(F)ccc2[nH]1)N1CCC[C@@H](N2CCc3ccccc3C2)C1. The molecule has 4 nitrogen and oxygen atoms in total. The summed E-state index contributed by atoms with van der Waals surface area (Å²) in [4.78, 5) is 20.7. The topological polar surface area (TPSA) is 39.3 Å². The maximum absolute atomic E-state index is 13.4. The average Bonchev–Trinajstić information content (AvgIpc) is 3.16. The van der Waals surface area contributed by atoms with Gasteiger partial charge in [-0.2, -0.15) is 0 Å². The molecule has 0 saturated carbocycles. The minimum atomic E-state index is -0.283. The van der Waals surface area contributed by atoms with E-state index in [0.29, 0.717) is 11.7 Å². The molecule has 0 radical (unpaired) electrons. The van der Waals surface area contributed by atoms with Crippen LogP contribution in [0.4, 0.5) is 4.39 Å². The Morgan fingerprint density at radius 3 is 2.82 bits per heavy atom. The lowest BCUT2D eigenvalue weighted by molar-refractivity contribution is 0.0545. The molecular weight excluding hydrogens is 353 g/mol. The maximum atomic E-state index is 13.4. The van der Waals surface area contributed by atoms with E-state index in [0.717, 1.165) is 56.3 Å². The second-order valence-electron chi connectivity index (χ2n) is 7.95. The van der Waals surface area contributed by atoms with Crippen molar-refractivity contribution >= 4 is 16.8 Å². The van der Waals surface area contributed by atoms with E-state index in [9.17, 15) is 9.18 Å². The lowest BCUT2D eigenvalue weighted by Gasteiger charge is -2.41. The minimum absolute atomic E-state index is 0.0127. The molecular formula is C23H24FN3O. The first-order valence-electron chi connectivity index (χ1n) is 10.1. The van der Waals surface area contributed by atoms with E-state index >= 15 is 0 Å². The predicted molar refractivity (Wildman–Crippen MR) is 108 cm³/mol. The van der Waals surface area contributed by atoms with Gasteiger partial charge >= 0.3 is 0 Å². The number of benzene rings is 2. The molecule has 28 heavy (non-hydrogen) atoms. The average molecular weight is 377 g/mol. The standard InChI is InChI=1S/C23H24FN3O/c24-19-7-8-21-18(12-19)13-22(25-21)23(28)27-10-3-6-20(15-27)26-11-9-16-4-1-2-5-17(16)14-26/h1-2,4-5,7-8,12-13,20,25H,3,6,9-11,14-15H2/t20-/m1/s1. The molecule has 5 heteroatoms. The molecule has 1 amide bonds. The van der Waals surface area contributed by atoms with E-state index in [-0.39, 0.29) is 11.7 Å². The van der Waals surface area contributed by atoms with Gasteiger partial charge in [-0.05, 0) is 54.7 Å². The van der Waals surface area contributed by atoms with Crippen LogP contribution in [0.5, 0.6) is 0 Å². The molecule has 0 spiro atoms. The molecule has 2 aliphatic heterocycles. The van der Waals surface area contributed by atoms with Crippen LogP contribution in [0.25, 0.3) is 10.9 Å². The van der Waals surface area contributed by atoms with Gasteiger partial charge < -0.3 is 9.88 Å². The normalized spacial score (nSPS) is 20.3. The number of likely N-dealkylation sites (tertiary alicyclic amines) is 1. The van der Waals surface area contributed by atoms with Gasteiger partial charge in [0.1, 0.15) is 11.5 Å². The summed E-state index contributed by atoms with van der Waals surface area (Å²) in [6, 6.07) is 15.4. The number of H-pyrrole nitrogens is 1. The second-order valence-corrected chi connectivity index (χ2v) is 7.95. The van der Waals surface area contributed by atoms with Crippen molar-refractivity contribution in [3.8, 4) is 0 Å². The number of nitrogens with one attached hydrogen (secondary N) is 1. The highest BCUT2D eigenvalue weighted by Crippen LogP contribution is 2.25. The Hall–Kier alpha value is -2.66. The van der Waals surface area contributed by atoms with Gasteiger partial charge in [-0.15, -0.1) is 0 Å². The van der Waals surface area contributed by atoms with E-state index in [4.69, 9.17) is 0 Å². The van der Waals surface area contributed by atoms with Crippen molar-refractivity contribution in [3.05, 3.63) is 71.2 Å². The molecule has 1 N–H and O–H groups in total. The van der Waals surface area contributed by atoms with E-state index in [1.807, 2.05) is 4.90 Å². The number of halogens is 1. The minimum Gasteiger partial charge on any atom is -0.351 e. The van der Waals surface area contributed by atoms with E-state index in [2.05, 4.69) is 34.1 Å². The number of hydrogen-bond donors (Lipinski definition) is 1. The van der Waals surface area contributed by atoms with E-state index in [1.54, 1.807) is 12.1 Å². The Balaban J connectivity index is 1.32. The van der Waals surface area contributed by atoms with Crippen LogP contribution in [-0.4, -0.2) is 46.4 Å². The number of piperidine rings is 1. The van der Waals surface area contributed by atoms with Crippen LogP contribution in [-0.2, 0) is 13.0 Å². The highest BCUT2D eigenvalue weighted by molar-refractivity contribution is 5.98. The molecule has 144 valence electrons. The van der Waals surface area contributed by atoms with Gasteiger partial charge in [0.2, 0.25) is 0 Å². The van der Waals surface area contributed by atoms with Gasteiger partial charge in [0.25, 0.3) is 5.91 Å². The number of carbonyl (C=O) groups excluding carboxylic acids is 1. The number of rotatable bonds is 2. The summed E-state index contributed by atoms with van der Waals surface area (Å²) >= 11 is 0. The monoisotopic (exact) mass is 377 g/mol. The van der Waals surface area contributed by atoms with Crippen LogP contribution in [0.3, 0.4) is 0 Å². The zero-order chi connectivity index (χ0) is 19.1. The zero-order valence-corrected chi connectivity index (χ0v) is 15.8. The second kappa shape index (κ2) is 7.06. The summed E-state index contributed by atoms with van der Waals surface area (Å²) in [5.41, 5.74) is 4.21. The number of amides is 1. The van der Waals surface area contributed by atoms with Crippen molar-refractivity contribution in [1.29, 1.82) is 0 Å². The summed E-state index contributed by atoms with van der Waals surface area (Å²) in [7, 11) is 0. The van der Waals surface area contributed by atoms with Crippen LogP contribution < -0.4 is 0 Å². The van der Waals surface area contributed by atoms with Crippen molar-refractivity contribution in [2.45, 2.75) is 31.8 Å². The Labute approximate surface area is 163 Å². The van der Waals surface area contributed by atoms with Crippen molar-refractivity contribution in [1.82, 2.24) is 14.8 Å². The van der Waals surface area contributed by atoms with Gasteiger partial charge in [0, 0.05) is 43.1 Å². The van der Waals surface area contributed by atoms with Crippen molar-refractivity contribution in [3.63, 3.8) is 0 Å². The van der Waals surface area contributed by atoms with Crippen LogP contribution in [0.2, 0.25) is 0 Å². The van der Waals surface area contributed by atoms with Gasteiger partial charge in [-0.25, -0.2) is 4.39 Å². The fourth-order valence-electron chi connectivity index (χ4n) is 4.66. The number of carbonyl (C=O) groups is 1. The van der Waals surface area contributed by atoms with Crippen molar-refractivity contribution in [2.75, 3.05) is 19.6 Å². The first kappa shape index (κ1) is 17.4. The van der Waals surface area contributed by atoms with Gasteiger partial charge in [-0.3, -0.25) is 9.69 Å². The first-order chi connectivity index (χ1) is 13.7. The molecule has 2 aromatic carbocycles. The van der Waals surface area contributed by atoms with Crippen LogP contribution in [0.1, 0.15) is 34.5 Å². The molecule has 0 bridgehead atoms. The number of fused-ring (bicyclic) bond motifs is 2. The highest BCUT2D eigenvalue weighted by atomic mass is 19.1. The smallest absolute Gasteiger partial charge is 0.270 e. The first-order valence-corrected chi connectivity index (χ1v) is 10.1. The van der Waals surface area contributed by atoms with Crippen molar-refractivity contribution in [2.24, 2.45) is 0 Å². The maximum Gasteiger partial charge on any atom is 0.270 e. The quantitative estimate of drug-likeness (QED) is 0.734. The molecule has 5 rings (SSSR count). The van der Waals surface area contributed by atoms with Crippen LogP contribution in [0, 0.1) is 5.82 Å². The Morgan fingerprint density at radius 1 is 1.07 bits per heavy atom. The number of aromatic nitrogens is 1. The lowest BCUT2D eigenvalue weighted by atomic mass is 9.96. The third kappa shape index (κ3) is 3.20. The predicted octanol–water partition coefficient (Wildman–Crippen LogP) is 3.97. The molecule has 1 atom stereocenters. The number of nitrogens with zero attached hydrogens (tertiary/aromatic N) is 2. The summed E-state index contributed by atoms with van der Waals surface area (Å²) in [5.74, 6) is -0.271. The van der Waals surface area contributed by atoms with Crippen LogP contribution >= 0.6 is 0 Å². The van der Waals surface area contributed by atoms with E-state index < -0.39 is 0 Å². The van der Waals surface area contributed by atoms with Crippen LogP contribution in [0.15, 0.2) is 48.5 Å². The number of hydrogen-bond acceptors (Lipinski definition) is 2. The third-order valence-corrected chi connectivity index (χ3v) is 6.17. The molecule has 3 heterocycles. The summed E-state index contributed by atoms with van der Waals surface area (Å²) < 4.78 is 13.4. The fraction of sp³-hybridized carbons (Fsp3) is 0.348. The largest absolute Gasteiger partial charge is 0.351 e. The third-order valence-electron chi connectivity index (χ3n) is 6.17. The molecule has 1 saturated heterocycles. The molecule has 0 unspecified atom stereocenters. The number of aromatic amines is 1. The summed E-state index contributed by atoms with van der Waals surface area (Å²) in [6.45, 7) is 3.55. The molecule has 2 aliphatic rings. The Morgan fingerprint density at radius 2 is 1.93 bits per heavy atom. The van der Waals surface area contributed by atoms with E-state index in [1.165, 1.54) is 23.3 Å². The Kier molecular flexibility index (Phi) is 4.40. The van der Waals surface area contributed by atoms with Gasteiger partial charge in [0.15, 0.2) is 0 Å². The summed E-state index contributed by atoms with van der Waals surface area (Å²) in [6.07, 6.45) is 3.22. The fourth-order valence-corrected chi connectivity index (χ4v) is 4.66. The zero-order valence-electron chi connectivity index (χ0n) is 15.8. The molecule has 3 aromatic rings.